The molecule has 0 spiro atoms. The van der Waals surface area contributed by atoms with Crippen LogP contribution in [-0.2, 0) is 14.3 Å². The van der Waals surface area contributed by atoms with Crippen molar-refractivity contribution in [2.45, 2.75) is 392 Å². The van der Waals surface area contributed by atoms with Gasteiger partial charge in [-0.1, -0.05) is 331 Å². The first-order valence-corrected chi connectivity index (χ1v) is 36.1. The molecule has 474 valence electrons. The predicted molar refractivity (Wildman–Crippen MR) is 356 cm³/mol. The second kappa shape index (κ2) is 70.0. The van der Waals surface area contributed by atoms with Crippen molar-refractivity contribution < 1.29 is 24.5 Å². The molecule has 0 saturated heterocycles. The second-order valence-electron chi connectivity index (χ2n) is 24.6. The Kier molecular flexibility index (Phi) is 67.9. The molecule has 0 saturated carbocycles. The van der Waals surface area contributed by atoms with Crippen molar-refractivity contribution >= 4 is 11.9 Å². The molecule has 0 aromatic carbocycles. The number of amides is 1. The van der Waals surface area contributed by atoms with Gasteiger partial charge in [0.05, 0.1) is 25.4 Å². The summed E-state index contributed by atoms with van der Waals surface area (Å²) in [4.78, 5) is 24.6. The molecule has 3 N–H and O–H groups in total. The average Bonchev–Trinajstić information content (AvgIpc) is 3.47. The Bertz CT molecular complexity index is 1400. The van der Waals surface area contributed by atoms with Crippen LogP contribution in [0.25, 0.3) is 0 Å². The summed E-state index contributed by atoms with van der Waals surface area (Å²) in [6.07, 6.45) is 93.1. The molecule has 0 fully saturated rings. The summed E-state index contributed by atoms with van der Waals surface area (Å²) in [7, 11) is 0. The third-order valence-electron chi connectivity index (χ3n) is 16.5. The van der Waals surface area contributed by atoms with E-state index in [0.29, 0.717) is 19.4 Å². The average molecular weight is 1130 g/mol. The second-order valence-corrected chi connectivity index (χ2v) is 24.6. The van der Waals surface area contributed by atoms with Crippen LogP contribution in [0.1, 0.15) is 380 Å². The molecule has 0 bridgehead atoms. The van der Waals surface area contributed by atoms with E-state index >= 15 is 0 Å². The van der Waals surface area contributed by atoms with Crippen LogP contribution in [0.15, 0.2) is 60.8 Å². The molecular weight excluding hydrogens is 995 g/mol. The van der Waals surface area contributed by atoms with Crippen LogP contribution in [0.3, 0.4) is 0 Å². The van der Waals surface area contributed by atoms with E-state index in [-0.39, 0.29) is 18.5 Å². The molecule has 0 aliphatic carbocycles. The molecule has 0 aliphatic rings. The highest BCUT2D eigenvalue weighted by Crippen LogP contribution is 2.18. The number of hydrogen-bond donors (Lipinski definition) is 3. The minimum atomic E-state index is -0.843. The lowest BCUT2D eigenvalue weighted by atomic mass is 10.0. The fourth-order valence-electron chi connectivity index (χ4n) is 11.0. The van der Waals surface area contributed by atoms with Gasteiger partial charge >= 0.3 is 5.97 Å². The van der Waals surface area contributed by atoms with Crippen molar-refractivity contribution in [1.29, 1.82) is 0 Å². The van der Waals surface area contributed by atoms with E-state index in [0.717, 1.165) is 57.8 Å². The van der Waals surface area contributed by atoms with Crippen molar-refractivity contribution in [2.75, 3.05) is 13.2 Å². The highest BCUT2D eigenvalue weighted by Gasteiger charge is 2.18. The zero-order valence-electron chi connectivity index (χ0n) is 54.3. The van der Waals surface area contributed by atoms with Gasteiger partial charge in [-0.25, -0.2) is 0 Å². The molecule has 81 heavy (non-hydrogen) atoms. The van der Waals surface area contributed by atoms with Crippen molar-refractivity contribution in [2.24, 2.45) is 0 Å². The van der Waals surface area contributed by atoms with E-state index < -0.39 is 12.1 Å². The molecule has 6 nitrogen and oxygen atoms in total. The summed E-state index contributed by atoms with van der Waals surface area (Å²) < 4.78 is 5.49. The number of hydrogen-bond acceptors (Lipinski definition) is 5. The van der Waals surface area contributed by atoms with E-state index in [2.05, 4.69) is 67.8 Å². The zero-order valence-corrected chi connectivity index (χ0v) is 54.3. The molecular formula is C75H139NO5. The summed E-state index contributed by atoms with van der Waals surface area (Å²) in [5, 5.41) is 23.1. The number of esters is 1. The molecule has 2 unspecified atom stereocenters. The Morgan fingerprint density at radius 2 is 0.617 bits per heavy atom. The lowest BCUT2D eigenvalue weighted by Gasteiger charge is -2.20. The lowest BCUT2D eigenvalue weighted by Crippen LogP contribution is -2.45. The minimum Gasteiger partial charge on any atom is -0.466 e. The van der Waals surface area contributed by atoms with Crippen molar-refractivity contribution in [1.82, 2.24) is 5.32 Å². The first-order chi connectivity index (χ1) is 40.0. The number of rotatable bonds is 67. The first kappa shape index (κ1) is 78.6. The van der Waals surface area contributed by atoms with Crippen LogP contribution >= 0.6 is 0 Å². The lowest BCUT2D eigenvalue weighted by molar-refractivity contribution is -0.143. The summed E-state index contributed by atoms with van der Waals surface area (Å²) in [6.45, 7) is 4.89. The van der Waals surface area contributed by atoms with Gasteiger partial charge in [-0.15, -0.1) is 0 Å². The van der Waals surface area contributed by atoms with Crippen LogP contribution in [-0.4, -0.2) is 47.4 Å². The summed E-state index contributed by atoms with van der Waals surface area (Å²) in [5.74, 6) is -0.0590. The number of aliphatic hydroxyl groups is 2. The van der Waals surface area contributed by atoms with Crippen molar-refractivity contribution in [3.8, 4) is 0 Å². The van der Waals surface area contributed by atoms with E-state index in [1.54, 1.807) is 6.08 Å². The first-order valence-electron chi connectivity index (χ1n) is 36.1. The van der Waals surface area contributed by atoms with Gasteiger partial charge < -0.3 is 20.3 Å². The molecule has 0 rings (SSSR count). The van der Waals surface area contributed by atoms with E-state index in [4.69, 9.17) is 4.74 Å². The number of ether oxygens (including phenoxy) is 1. The van der Waals surface area contributed by atoms with E-state index in [1.807, 2.05) is 6.08 Å². The van der Waals surface area contributed by atoms with E-state index in [1.165, 1.54) is 295 Å². The minimum absolute atomic E-state index is 0.00601. The quantitative estimate of drug-likeness (QED) is 0.0320. The maximum atomic E-state index is 12.5. The summed E-state index contributed by atoms with van der Waals surface area (Å²) >= 11 is 0. The van der Waals surface area contributed by atoms with Gasteiger partial charge in [0, 0.05) is 12.8 Å². The molecule has 0 aromatic rings. The molecule has 0 heterocycles. The number of nitrogens with one attached hydrogen (secondary N) is 1. The largest absolute Gasteiger partial charge is 0.466 e. The van der Waals surface area contributed by atoms with Gasteiger partial charge in [-0.2, -0.15) is 0 Å². The topological polar surface area (TPSA) is 95.9 Å². The molecule has 0 aromatic heterocycles. The van der Waals surface area contributed by atoms with Crippen molar-refractivity contribution in [3.63, 3.8) is 0 Å². The maximum Gasteiger partial charge on any atom is 0.305 e. The van der Waals surface area contributed by atoms with Crippen LogP contribution in [0.2, 0.25) is 0 Å². The number of carbonyl (C=O) groups is 2. The van der Waals surface area contributed by atoms with Gasteiger partial charge in [-0.05, 0) is 96.3 Å². The fourth-order valence-corrected chi connectivity index (χ4v) is 11.0. The van der Waals surface area contributed by atoms with Crippen LogP contribution in [0.5, 0.6) is 0 Å². The smallest absolute Gasteiger partial charge is 0.305 e. The van der Waals surface area contributed by atoms with Gasteiger partial charge in [0.2, 0.25) is 5.91 Å². The Morgan fingerprint density at radius 3 is 0.963 bits per heavy atom. The molecule has 6 heteroatoms. The SMILES string of the molecule is CCCCC/C=C\C/C=C\CCCCCCCCCC(=O)OCCCCCCCCCCC/C=C\C/C=C\CCCCCCCCCCCCCCCCCCCC(=O)NC(CO)C(O)/C=C/CCCCCCCCCCCCCC. The Hall–Kier alpha value is -2.44. The van der Waals surface area contributed by atoms with Gasteiger partial charge in [-0.3, -0.25) is 9.59 Å². The Morgan fingerprint density at radius 1 is 0.346 bits per heavy atom. The fraction of sp³-hybridized carbons (Fsp3) is 0.840. The number of aliphatic hydroxyl groups excluding tert-OH is 2. The number of allylic oxidation sites excluding steroid dienone is 9. The zero-order chi connectivity index (χ0) is 58.5. The van der Waals surface area contributed by atoms with Gasteiger partial charge in [0.1, 0.15) is 0 Å². The van der Waals surface area contributed by atoms with Crippen LogP contribution in [0.4, 0.5) is 0 Å². The molecule has 0 aliphatic heterocycles. The summed E-state index contributed by atoms with van der Waals surface area (Å²) in [5.41, 5.74) is 0. The van der Waals surface area contributed by atoms with Crippen LogP contribution < -0.4 is 5.32 Å². The number of unbranched alkanes of at least 4 members (excludes halogenated alkanes) is 48. The van der Waals surface area contributed by atoms with Crippen LogP contribution in [0, 0.1) is 0 Å². The Labute approximate surface area is 505 Å². The predicted octanol–water partition coefficient (Wildman–Crippen LogP) is 23.4. The van der Waals surface area contributed by atoms with E-state index in [9.17, 15) is 19.8 Å². The third kappa shape index (κ3) is 66.6. The summed E-state index contributed by atoms with van der Waals surface area (Å²) in [6, 6.07) is -0.627. The molecule has 0 radical (unpaired) electrons. The van der Waals surface area contributed by atoms with Gasteiger partial charge in [0.15, 0.2) is 0 Å². The standard InChI is InChI=1S/C75H139NO5/c1-3-5-7-9-11-13-15-17-19-37-41-45-49-53-57-61-65-69-75(80)81-70-66-62-58-54-50-46-42-39-36-34-32-30-28-26-24-22-20-21-23-25-27-29-31-33-35-38-40-44-48-52-56-60-64-68-74(79)76-72(71-77)73(78)67-63-59-55-51-47-43-18-16-14-12-10-8-6-4-2/h11,13,17,19,24,26,30,32,63,67,72-73,77-78H,3-10,12,14-16,18,20-23,25,27-29,31,33-62,64-66,68-71H2,1-2H3,(H,76,79)/b13-11-,19-17-,26-24-,32-30-,67-63+. The highest BCUT2D eigenvalue weighted by molar-refractivity contribution is 5.76. The Balaban J connectivity index is 3.39. The normalized spacial score (nSPS) is 12.9. The maximum absolute atomic E-state index is 12.5. The van der Waals surface area contributed by atoms with Gasteiger partial charge in [0.25, 0.3) is 0 Å². The monoisotopic (exact) mass is 1130 g/mol. The highest BCUT2D eigenvalue weighted by atomic mass is 16.5. The molecule has 2 atom stereocenters. The molecule has 1 amide bonds. The number of carbonyl (C=O) groups excluding carboxylic acids is 2. The third-order valence-corrected chi connectivity index (χ3v) is 16.5. The van der Waals surface area contributed by atoms with Crippen molar-refractivity contribution in [3.05, 3.63) is 60.8 Å².